The maximum absolute atomic E-state index is 12.4. The van der Waals surface area contributed by atoms with Crippen LogP contribution in [0, 0.1) is 12.8 Å². The van der Waals surface area contributed by atoms with Gasteiger partial charge in [-0.3, -0.25) is 14.5 Å². The van der Waals surface area contributed by atoms with Gasteiger partial charge in [-0.25, -0.2) is 0 Å². The summed E-state index contributed by atoms with van der Waals surface area (Å²) >= 11 is 0. The molecule has 126 valence electrons. The zero-order valence-corrected chi connectivity index (χ0v) is 14.2. The van der Waals surface area contributed by atoms with Crippen LogP contribution < -0.4 is 5.32 Å². The van der Waals surface area contributed by atoms with E-state index in [2.05, 4.69) is 10.2 Å². The summed E-state index contributed by atoms with van der Waals surface area (Å²) in [5.74, 6) is -0.146. The molecule has 5 heteroatoms. The number of hydrogen-bond acceptors (Lipinski definition) is 4. The van der Waals surface area contributed by atoms with E-state index in [0.717, 1.165) is 37.2 Å². The highest BCUT2D eigenvalue weighted by Gasteiger charge is 2.30. The molecular formula is C18H26N2O3. The molecular weight excluding hydrogens is 292 g/mol. The first-order valence-electron chi connectivity index (χ1n) is 8.29. The van der Waals surface area contributed by atoms with Crippen LogP contribution in [0.1, 0.15) is 32.3 Å². The van der Waals surface area contributed by atoms with Crippen molar-refractivity contribution in [3.8, 4) is 0 Å². The maximum atomic E-state index is 12.4. The number of carbonyl (C=O) groups is 2. The van der Waals surface area contributed by atoms with Crippen molar-refractivity contribution in [2.45, 2.75) is 39.7 Å². The number of rotatable bonds is 5. The number of carbonyl (C=O) groups excluding carboxylic acids is 2. The Bertz CT molecular complexity index is 551. The summed E-state index contributed by atoms with van der Waals surface area (Å²) in [7, 11) is 0. The van der Waals surface area contributed by atoms with Crippen molar-refractivity contribution in [1.29, 1.82) is 0 Å². The molecule has 0 radical (unpaired) electrons. The Morgan fingerprint density at radius 1 is 1.35 bits per heavy atom. The van der Waals surface area contributed by atoms with Gasteiger partial charge in [-0.1, -0.05) is 12.1 Å². The van der Waals surface area contributed by atoms with Crippen molar-refractivity contribution < 1.29 is 14.3 Å². The van der Waals surface area contributed by atoms with Gasteiger partial charge in [0.2, 0.25) is 5.91 Å². The maximum Gasteiger partial charge on any atom is 0.309 e. The Kier molecular flexibility index (Phi) is 6.16. The summed E-state index contributed by atoms with van der Waals surface area (Å²) in [5, 5.41) is 2.96. The van der Waals surface area contributed by atoms with E-state index < -0.39 is 0 Å². The van der Waals surface area contributed by atoms with Crippen LogP contribution in [0.25, 0.3) is 0 Å². The largest absolute Gasteiger partial charge is 0.466 e. The fourth-order valence-electron chi connectivity index (χ4n) is 2.92. The lowest BCUT2D eigenvalue weighted by Gasteiger charge is -2.34. The third kappa shape index (κ3) is 4.79. The minimum Gasteiger partial charge on any atom is -0.466 e. The lowest BCUT2D eigenvalue weighted by molar-refractivity contribution is -0.149. The van der Waals surface area contributed by atoms with Gasteiger partial charge >= 0.3 is 5.97 Å². The molecule has 2 rings (SSSR count). The molecule has 0 bridgehead atoms. The number of hydrogen-bond donors (Lipinski definition) is 1. The molecule has 1 unspecified atom stereocenters. The molecule has 0 saturated carbocycles. The summed E-state index contributed by atoms with van der Waals surface area (Å²) in [6.07, 6.45) is 1.50. The van der Waals surface area contributed by atoms with Crippen molar-refractivity contribution in [3.63, 3.8) is 0 Å². The minimum atomic E-state index is -0.210. The summed E-state index contributed by atoms with van der Waals surface area (Å²) in [4.78, 5) is 26.3. The molecule has 1 saturated heterocycles. The van der Waals surface area contributed by atoms with E-state index in [4.69, 9.17) is 4.74 Å². The first-order chi connectivity index (χ1) is 11.0. The Morgan fingerprint density at radius 2 is 2.04 bits per heavy atom. The molecule has 5 nitrogen and oxygen atoms in total. The van der Waals surface area contributed by atoms with Crippen LogP contribution in [0.15, 0.2) is 24.3 Å². The zero-order chi connectivity index (χ0) is 16.8. The number of ether oxygens (including phenoxy) is 1. The molecule has 1 amide bonds. The Labute approximate surface area is 138 Å². The molecule has 1 aromatic carbocycles. The SMILES string of the molecule is CCOC(=O)C1CCN(C(C)C(=O)Nc2cccc(C)c2)CC1. The minimum absolute atomic E-state index is 0.00909. The predicted octanol–water partition coefficient (Wildman–Crippen LogP) is 2.60. The number of piperidine rings is 1. The average Bonchev–Trinajstić information content (AvgIpc) is 2.54. The van der Waals surface area contributed by atoms with Gasteiger partial charge in [-0.2, -0.15) is 0 Å². The van der Waals surface area contributed by atoms with Gasteiger partial charge < -0.3 is 10.1 Å². The van der Waals surface area contributed by atoms with E-state index in [1.807, 2.05) is 45.0 Å². The monoisotopic (exact) mass is 318 g/mol. The van der Waals surface area contributed by atoms with E-state index in [1.165, 1.54) is 0 Å². The third-order valence-corrected chi connectivity index (χ3v) is 4.36. The van der Waals surface area contributed by atoms with Gasteiger partial charge in [-0.15, -0.1) is 0 Å². The first-order valence-corrected chi connectivity index (χ1v) is 8.29. The number of anilines is 1. The summed E-state index contributed by atoms with van der Waals surface area (Å²) < 4.78 is 5.08. The lowest BCUT2D eigenvalue weighted by atomic mass is 9.96. The van der Waals surface area contributed by atoms with Crippen molar-refractivity contribution in [3.05, 3.63) is 29.8 Å². The number of aryl methyl sites for hydroxylation is 1. The van der Waals surface area contributed by atoms with Gasteiger partial charge in [0.05, 0.1) is 18.6 Å². The highest BCUT2D eigenvalue weighted by Crippen LogP contribution is 2.21. The second-order valence-electron chi connectivity index (χ2n) is 6.10. The van der Waals surface area contributed by atoms with Crippen LogP contribution in [-0.2, 0) is 14.3 Å². The zero-order valence-electron chi connectivity index (χ0n) is 14.2. The Morgan fingerprint density at radius 3 is 2.65 bits per heavy atom. The van der Waals surface area contributed by atoms with E-state index in [-0.39, 0.29) is 23.8 Å². The van der Waals surface area contributed by atoms with Crippen molar-refractivity contribution in [2.24, 2.45) is 5.92 Å². The Hall–Kier alpha value is -1.88. The summed E-state index contributed by atoms with van der Waals surface area (Å²) in [6, 6.07) is 7.57. The fourth-order valence-corrected chi connectivity index (χ4v) is 2.92. The predicted molar refractivity (Wildman–Crippen MR) is 90.2 cm³/mol. The van der Waals surface area contributed by atoms with Gasteiger partial charge in [0, 0.05) is 5.69 Å². The number of benzene rings is 1. The molecule has 1 aliphatic heterocycles. The van der Waals surface area contributed by atoms with Crippen molar-refractivity contribution >= 4 is 17.6 Å². The van der Waals surface area contributed by atoms with Gasteiger partial charge in [0.1, 0.15) is 0 Å². The lowest BCUT2D eigenvalue weighted by Crippen LogP contribution is -2.47. The van der Waals surface area contributed by atoms with Crippen molar-refractivity contribution in [2.75, 3.05) is 25.0 Å². The second kappa shape index (κ2) is 8.11. The molecule has 1 N–H and O–H groups in total. The number of amides is 1. The number of nitrogens with zero attached hydrogens (tertiary/aromatic N) is 1. The van der Waals surface area contributed by atoms with Crippen LogP contribution in [0.4, 0.5) is 5.69 Å². The first kappa shape index (κ1) is 17.5. The molecule has 1 aromatic rings. The van der Waals surface area contributed by atoms with Crippen LogP contribution in [0.3, 0.4) is 0 Å². The molecule has 1 fully saturated rings. The van der Waals surface area contributed by atoms with Crippen molar-refractivity contribution in [1.82, 2.24) is 4.90 Å². The summed E-state index contributed by atoms with van der Waals surface area (Å²) in [5.41, 5.74) is 1.94. The van der Waals surface area contributed by atoms with Crippen LogP contribution in [0.2, 0.25) is 0 Å². The van der Waals surface area contributed by atoms with E-state index >= 15 is 0 Å². The van der Waals surface area contributed by atoms with Gasteiger partial charge in [0.15, 0.2) is 0 Å². The Balaban J connectivity index is 1.85. The standard InChI is InChI=1S/C18H26N2O3/c1-4-23-18(22)15-8-10-20(11-9-15)14(3)17(21)19-16-7-5-6-13(2)12-16/h5-7,12,14-15H,4,8-11H2,1-3H3,(H,19,21). The molecule has 23 heavy (non-hydrogen) atoms. The fraction of sp³-hybridized carbons (Fsp3) is 0.556. The van der Waals surface area contributed by atoms with Gasteiger partial charge in [-0.05, 0) is 64.4 Å². The normalized spacial score (nSPS) is 17.5. The highest BCUT2D eigenvalue weighted by atomic mass is 16.5. The van der Waals surface area contributed by atoms with Crippen LogP contribution in [0.5, 0.6) is 0 Å². The van der Waals surface area contributed by atoms with E-state index in [9.17, 15) is 9.59 Å². The average molecular weight is 318 g/mol. The number of nitrogens with one attached hydrogen (secondary N) is 1. The summed E-state index contributed by atoms with van der Waals surface area (Å²) in [6.45, 7) is 7.64. The van der Waals surface area contributed by atoms with Crippen LogP contribution >= 0.6 is 0 Å². The second-order valence-corrected chi connectivity index (χ2v) is 6.10. The molecule has 0 aliphatic carbocycles. The molecule has 1 atom stereocenters. The number of likely N-dealkylation sites (tertiary alicyclic amines) is 1. The van der Waals surface area contributed by atoms with Crippen LogP contribution in [-0.4, -0.2) is 42.5 Å². The topological polar surface area (TPSA) is 58.6 Å². The molecule has 0 aromatic heterocycles. The molecule has 1 aliphatic rings. The third-order valence-electron chi connectivity index (χ3n) is 4.36. The van der Waals surface area contributed by atoms with Gasteiger partial charge in [0.25, 0.3) is 0 Å². The highest BCUT2D eigenvalue weighted by molar-refractivity contribution is 5.94. The smallest absolute Gasteiger partial charge is 0.309 e. The van der Waals surface area contributed by atoms with E-state index in [0.29, 0.717) is 6.61 Å². The number of esters is 1. The molecule has 0 spiro atoms. The molecule has 1 heterocycles. The quantitative estimate of drug-likeness (QED) is 0.848. The van der Waals surface area contributed by atoms with E-state index in [1.54, 1.807) is 0 Å².